The molecule has 0 saturated carbocycles. The molecule has 0 radical (unpaired) electrons. The molecule has 3 nitrogen and oxygen atoms in total. The molecule has 1 atom stereocenters. The van der Waals surface area contributed by atoms with Crippen LogP contribution >= 0.6 is 0 Å². The van der Waals surface area contributed by atoms with Gasteiger partial charge in [0.15, 0.2) is 5.78 Å². The molecule has 5 heteroatoms. The minimum absolute atomic E-state index is 0.271. The second-order valence-corrected chi connectivity index (χ2v) is 20.2. The van der Waals surface area contributed by atoms with Crippen molar-refractivity contribution in [1.82, 2.24) is 0 Å². The summed E-state index contributed by atoms with van der Waals surface area (Å²) in [5.74, 6) is -0.271. The van der Waals surface area contributed by atoms with Crippen molar-refractivity contribution >= 4 is 53.5 Å². The van der Waals surface area contributed by atoms with E-state index in [4.69, 9.17) is 4.12 Å². The van der Waals surface area contributed by atoms with Gasteiger partial charge in [-0.1, -0.05) is 243 Å². The highest BCUT2D eigenvalue weighted by Crippen LogP contribution is 2.20. The maximum absolute atomic E-state index is 11.9. The molecule has 8 aromatic rings. The van der Waals surface area contributed by atoms with Gasteiger partial charge >= 0.3 is 0 Å². The third-order valence-corrected chi connectivity index (χ3v) is 19.1. The summed E-state index contributed by atoms with van der Waals surface area (Å²) in [6, 6.07) is 83.1. The first-order valence-electron chi connectivity index (χ1n) is 18.5. The number of Topliss-reactive ketones (excluding diaryl/α,β-unsaturated/α-hetero) is 1. The molecular weight excluding hydrogens is 705 g/mol. The number of carbonyl (C=O) groups excluding carboxylic acids is 1. The SMILES string of the molecule is O=C(c1ccccc1)C(O)c1ccccc1.c1ccc([Si](O[Si](c2ccccc2)(c2ccccc2)c2ccccc2)(c2ccccc2)c2ccccc2)cc1. The van der Waals surface area contributed by atoms with Crippen LogP contribution in [0.25, 0.3) is 0 Å². The minimum Gasteiger partial charge on any atom is -0.435 e. The van der Waals surface area contributed by atoms with Crippen LogP contribution in [0.4, 0.5) is 0 Å². The first-order valence-corrected chi connectivity index (χ1v) is 22.3. The van der Waals surface area contributed by atoms with E-state index in [0.717, 1.165) is 0 Å². The molecule has 0 aromatic heterocycles. The quantitative estimate of drug-likeness (QED) is 0.0887. The summed E-state index contributed by atoms with van der Waals surface area (Å²) in [7, 11) is -6.09. The molecule has 0 bridgehead atoms. The van der Waals surface area contributed by atoms with E-state index in [2.05, 4.69) is 182 Å². The monoisotopic (exact) mass is 746 g/mol. The van der Waals surface area contributed by atoms with Crippen LogP contribution < -0.4 is 31.1 Å². The van der Waals surface area contributed by atoms with E-state index in [1.807, 2.05) is 12.1 Å². The zero-order valence-electron chi connectivity index (χ0n) is 30.4. The molecule has 0 fully saturated rings. The third kappa shape index (κ3) is 8.02. The predicted octanol–water partition coefficient (Wildman–Crippen LogP) is 6.94. The highest BCUT2D eigenvalue weighted by Gasteiger charge is 2.52. The van der Waals surface area contributed by atoms with Crippen LogP contribution in [0.1, 0.15) is 22.0 Å². The van der Waals surface area contributed by atoms with E-state index in [-0.39, 0.29) is 5.78 Å². The zero-order valence-corrected chi connectivity index (χ0v) is 32.4. The van der Waals surface area contributed by atoms with E-state index in [1.165, 1.54) is 31.1 Å². The van der Waals surface area contributed by atoms with Gasteiger partial charge in [-0.3, -0.25) is 4.79 Å². The van der Waals surface area contributed by atoms with Crippen LogP contribution in [0.5, 0.6) is 0 Å². The number of benzene rings is 8. The second-order valence-electron chi connectivity index (χ2n) is 13.2. The Labute approximate surface area is 326 Å². The molecule has 268 valence electrons. The van der Waals surface area contributed by atoms with Gasteiger partial charge < -0.3 is 9.22 Å². The summed E-state index contributed by atoms with van der Waals surface area (Å²) in [4.78, 5) is 11.9. The van der Waals surface area contributed by atoms with Gasteiger partial charge in [-0.15, -0.1) is 0 Å². The van der Waals surface area contributed by atoms with Crippen LogP contribution in [0.15, 0.2) is 243 Å². The van der Waals surface area contributed by atoms with E-state index in [9.17, 15) is 9.90 Å². The number of rotatable bonds is 11. The summed E-state index contributed by atoms with van der Waals surface area (Å²) < 4.78 is 8.22. The summed E-state index contributed by atoms with van der Waals surface area (Å²) in [6.45, 7) is 0. The summed E-state index contributed by atoms with van der Waals surface area (Å²) in [5, 5.41) is 17.3. The fraction of sp³-hybridized carbons (Fsp3) is 0.0200. The smallest absolute Gasteiger partial charge is 0.278 e. The highest BCUT2D eigenvalue weighted by molar-refractivity contribution is 7.18. The Balaban J connectivity index is 0.000000243. The van der Waals surface area contributed by atoms with Crippen molar-refractivity contribution in [2.24, 2.45) is 0 Å². The van der Waals surface area contributed by atoms with Gasteiger partial charge in [0.25, 0.3) is 16.6 Å². The standard InChI is InChI=1S/C36H30OSi2.C14H12O2/c1-7-19-31(20-8-1)38(32-21-9-2-10-22-32,33-23-11-3-12-24-33)37-39(34-25-13-4-14-26-34,35-27-15-5-16-28-35)36-29-17-6-18-30-36;15-13(11-7-3-1-4-8-11)14(16)12-9-5-2-6-10-12/h1-30H;1-10,13,15H. The number of ketones is 1. The predicted molar refractivity (Wildman–Crippen MR) is 231 cm³/mol. The molecule has 55 heavy (non-hydrogen) atoms. The van der Waals surface area contributed by atoms with Crippen molar-refractivity contribution in [2.45, 2.75) is 6.10 Å². The lowest BCUT2D eigenvalue weighted by molar-refractivity contribution is 0.0747. The number of aliphatic hydroxyl groups excluding tert-OH is 1. The first-order chi connectivity index (χ1) is 27.1. The zero-order chi connectivity index (χ0) is 37.8. The Morgan fingerprint density at radius 3 is 0.818 bits per heavy atom. The van der Waals surface area contributed by atoms with Crippen molar-refractivity contribution in [3.8, 4) is 0 Å². The lowest BCUT2D eigenvalue weighted by Crippen LogP contribution is -2.81. The van der Waals surface area contributed by atoms with Gasteiger partial charge in [-0.2, -0.15) is 0 Å². The van der Waals surface area contributed by atoms with E-state index in [1.54, 1.807) is 48.5 Å². The molecule has 1 unspecified atom stereocenters. The molecule has 0 heterocycles. The van der Waals surface area contributed by atoms with Crippen LogP contribution in [-0.4, -0.2) is 27.5 Å². The number of hydrogen-bond acceptors (Lipinski definition) is 3. The van der Waals surface area contributed by atoms with Crippen molar-refractivity contribution in [1.29, 1.82) is 0 Å². The summed E-state index contributed by atoms with van der Waals surface area (Å²) in [6.07, 6.45) is -1.08. The van der Waals surface area contributed by atoms with Gasteiger partial charge in [0.1, 0.15) is 6.10 Å². The number of aliphatic hydroxyl groups is 1. The largest absolute Gasteiger partial charge is 0.435 e. The molecule has 0 aliphatic carbocycles. The average Bonchev–Trinajstić information content (AvgIpc) is 3.29. The number of carbonyl (C=O) groups is 1. The summed E-state index contributed by atoms with van der Waals surface area (Å²) >= 11 is 0. The van der Waals surface area contributed by atoms with Gasteiger partial charge in [-0.05, 0) is 36.7 Å². The molecule has 8 rings (SSSR count). The molecule has 0 spiro atoms. The van der Waals surface area contributed by atoms with Crippen LogP contribution in [0, 0.1) is 0 Å². The molecule has 0 amide bonds. The van der Waals surface area contributed by atoms with Crippen molar-refractivity contribution in [3.05, 3.63) is 254 Å². The lowest BCUT2D eigenvalue weighted by Gasteiger charge is -2.44. The molecule has 8 aromatic carbocycles. The van der Waals surface area contributed by atoms with E-state index < -0.39 is 22.7 Å². The average molecular weight is 747 g/mol. The lowest BCUT2D eigenvalue weighted by atomic mass is 10.0. The fourth-order valence-electron chi connectivity index (χ4n) is 7.17. The molecule has 0 saturated heterocycles. The van der Waals surface area contributed by atoms with Gasteiger partial charge in [-0.25, -0.2) is 0 Å². The maximum Gasteiger partial charge on any atom is 0.278 e. The van der Waals surface area contributed by atoms with Crippen molar-refractivity contribution in [3.63, 3.8) is 0 Å². The first kappa shape index (κ1) is 37.1. The highest BCUT2D eigenvalue weighted by atomic mass is 28.4. The fourth-order valence-corrected chi connectivity index (χ4v) is 17.8. The molecule has 0 aliphatic heterocycles. The Morgan fingerprint density at radius 2 is 0.564 bits per heavy atom. The van der Waals surface area contributed by atoms with Crippen LogP contribution in [-0.2, 0) is 4.12 Å². The Hall–Kier alpha value is -6.22. The molecule has 0 aliphatic rings. The van der Waals surface area contributed by atoms with E-state index >= 15 is 0 Å². The number of hydrogen-bond donors (Lipinski definition) is 1. The van der Waals surface area contributed by atoms with Gasteiger partial charge in [0, 0.05) is 5.56 Å². The van der Waals surface area contributed by atoms with Gasteiger partial charge in [0.05, 0.1) is 0 Å². The normalized spacial score (nSPS) is 11.8. The molecular formula is C50H42O3Si2. The Kier molecular flexibility index (Phi) is 12.0. The van der Waals surface area contributed by atoms with E-state index in [0.29, 0.717) is 11.1 Å². The Bertz CT molecular complexity index is 2030. The maximum atomic E-state index is 11.9. The van der Waals surface area contributed by atoms with Crippen LogP contribution in [0.2, 0.25) is 0 Å². The topological polar surface area (TPSA) is 46.5 Å². The second kappa shape index (κ2) is 17.7. The third-order valence-electron chi connectivity index (χ3n) is 9.81. The molecule has 1 N–H and O–H groups in total. The Morgan fingerprint density at radius 1 is 0.345 bits per heavy atom. The van der Waals surface area contributed by atoms with Crippen LogP contribution in [0.3, 0.4) is 0 Å². The summed E-state index contributed by atoms with van der Waals surface area (Å²) in [5.41, 5.74) is 1.15. The minimum atomic E-state index is -3.05. The van der Waals surface area contributed by atoms with Crippen molar-refractivity contribution < 1.29 is 14.0 Å². The van der Waals surface area contributed by atoms with Crippen molar-refractivity contribution in [2.75, 3.05) is 0 Å². The van der Waals surface area contributed by atoms with Gasteiger partial charge in [0.2, 0.25) is 0 Å².